The molecule has 0 unspecified atom stereocenters. The largest absolute Gasteiger partial charge is 0.497 e. The Kier molecular flexibility index (Phi) is 2.90. The smallest absolute Gasteiger partial charge is 0.139 e. The van der Waals surface area contributed by atoms with Crippen molar-refractivity contribution in [1.29, 1.82) is 0 Å². The molecule has 2 nitrogen and oxygen atoms in total. The fourth-order valence-corrected chi connectivity index (χ4v) is 7.27. The van der Waals surface area contributed by atoms with Crippen LogP contribution in [0.1, 0.15) is 63.0 Å². The van der Waals surface area contributed by atoms with Crippen molar-refractivity contribution in [1.82, 2.24) is 0 Å². The summed E-state index contributed by atoms with van der Waals surface area (Å²) in [6.45, 7) is 4.67. The summed E-state index contributed by atoms with van der Waals surface area (Å²) in [6, 6.07) is 6.73. The van der Waals surface area contributed by atoms with Crippen LogP contribution in [0.2, 0.25) is 0 Å². The number of ketones is 1. The lowest BCUT2D eigenvalue weighted by atomic mass is 9.49. The van der Waals surface area contributed by atoms with Gasteiger partial charge in [0.25, 0.3) is 0 Å². The average molecular weight is 324 g/mol. The van der Waals surface area contributed by atoms with Gasteiger partial charge >= 0.3 is 0 Å². The quantitative estimate of drug-likeness (QED) is 0.784. The van der Waals surface area contributed by atoms with Gasteiger partial charge < -0.3 is 4.74 Å². The van der Waals surface area contributed by atoms with E-state index in [9.17, 15) is 4.79 Å². The number of Topliss-reactive ketones (excluding diaryl/α,β-unsaturated/α-hetero) is 1. The molecule has 4 aliphatic carbocycles. The van der Waals surface area contributed by atoms with Crippen LogP contribution in [0.3, 0.4) is 0 Å². The number of benzene rings is 1. The predicted octanol–water partition coefficient (Wildman–Crippen LogP) is 4.76. The first-order valence-corrected chi connectivity index (χ1v) is 9.75. The molecular formula is C22H28O2. The van der Waals surface area contributed by atoms with Gasteiger partial charge in [-0.05, 0) is 78.0 Å². The lowest BCUT2D eigenvalue weighted by Gasteiger charge is -2.53. The van der Waals surface area contributed by atoms with E-state index in [0.29, 0.717) is 23.0 Å². The van der Waals surface area contributed by atoms with Gasteiger partial charge in [0.15, 0.2) is 0 Å². The highest BCUT2D eigenvalue weighted by atomic mass is 16.5. The maximum absolute atomic E-state index is 12.7. The summed E-state index contributed by atoms with van der Waals surface area (Å²) in [4.78, 5) is 12.7. The summed E-state index contributed by atoms with van der Waals surface area (Å²) in [5.74, 6) is 4.36. The van der Waals surface area contributed by atoms with E-state index in [1.807, 2.05) is 0 Å². The van der Waals surface area contributed by atoms with Gasteiger partial charge in [-0.3, -0.25) is 4.79 Å². The van der Waals surface area contributed by atoms with Crippen LogP contribution in [0.15, 0.2) is 18.2 Å². The molecule has 128 valence electrons. The molecule has 0 amide bonds. The number of rotatable bonds is 2. The molecule has 6 atom stereocenters. The Labute approximate surface area is 145 Å². The van der Waals surface area contributed by atoms with Crippen molar-refractivity contribution in [3.63, 3.8) is 0 Å². The number of methoxy groups -OCH3 is 1. The molecule has 1 aromatic carbocycles. The van der Waals surface area contributed by atoms with Crippen LogP contribution in [0, 0.1) is 28.6 Å². The molecule has 3 fully saturated rings. The van der Waals surface area contributed by atoms with Crippen LogP contribution in [0.5, 0.6) is 5.75 Å². The van der Waals surface area contributed by atoms with Crippen molar-refractivity contribution in [2.24, 2.45) is 28.6 Å². The van der Waals surface area contributed by atoms with Crippen molar-refractivity contribution in [3.05, 3.63) is 29.3 Å². The molecule has 0 bridgehead atoms. The maximum Gasteiger partial charge on any atom is 0.139 e. The van der Waals surface area contributed by atoms with Gasteiger partial charge in [0, 0.05) is 11.8 Å². The van der Waals surface area contributed by atoms with Gasteiger partial charge in [0.2, 0.25) is 0 Å². The standard InChI is InChI=1S/C22H28O2/c1-4-13-9-14-10-16(24-3)5-6-17(14)18-7-8-21(2)19(23)11-15-12-22(15,21)20(13)18/h5-6,10,13,15,18,20H,4,7-9,11-12H2,1-3H3/t13-,15+,18-,20-,21-,22-/m1/s1. The Morgan fingerprint density at radius 1 is 1.29 bits per heavy atom. The van der Waals surface area contributed by atoms with E-state index in [0.717, 1.165) is 30.4 Å². The second kappa shape index (κ2) is 4.65. The van der Waals surface area contributed by atoms with Crippen LogP contribution < -0.4 is 4.74 Å². The first kappa shape index (κ1) is 15.0. The van der Waals surface area contributed by atoms with Crippen molar-refractivity contribution in [2.45, 2.75) is 58.3 Å². The third kappa shape index (κ3) is 1.56. The molecule has 1 aromatic rings. The first-order valence-electron chi connectivity index (χ1n) is 9.75. The van der Waals surface area contributed by atoms with Crippen LogP contribution in [0.25, 0.3) is 0 Å². The zero-order valence-electron chi connectivity index (χ0n) is 15.1. The summed E-state index contributed by atoms with van der Waals surface area (Å²) in [7, 11) is 1.76. The minimum atomic E-state index is -0.0176. The molecule has 0 heterocycles. The van der Waals surface area contributed by atoms with Crippen molar-refractivity contribution < 1.29 is 9.53 Å². The number of carbonyl (C=O) groups excluding carboxylic acids is 1. The average Bonchev–Trinajstić information content (AvgIpc) is 3.25. The summed E-state index contributed by atoms with van der Waals surface area (Å²) in [5.41, 5.74) is 3.39. The monoisotopic (exact) mass is 324 g/mol. The van der Waals surface area contributed by atoms with Crippen LogP contribution in [0.4, 0.5) is 0 Å². The van der Waals surface area contributed by atoms with Crippen molar-refractivity contribution in [2.75, 3.05) is 7.11 Å². The maximum atomic E-state index is 12.7. The van der Waals surface area contributed by atoms with Gasteiger partial charge in [-0.15, -0.1) is 0 Å². The predicted molar refractivity (Wildman–Crippen MR) is 94.2 cm³/mol. The number of fused-ring (bicyclic) bond motifs is 3. The Hall–Kier alpha value is -1.31. The molecule has 0 aromatic heterocycles. The van der Waals surface area contributed by atoms with E-state index in [1.165, 1.54) is 31.2 Å². The molecule has 2 heteroatoms. The lowest BCUT2D eigenvalue weighted by molar-refractivity contribution is -0.134. The molecule has 0 aliphatic heterocycles. The molecule has 1 spiro atoms. The second-order valence-electron chi connectivity index (χ2n) is 9.01. The lowest BCUT2D eigenvalue weighted by Crippen LogP contribution is -2.49. The Bertz CT molecular complexity index is 723. The minimum Gasteiger partial charge on any atom is -0.497 e. The van der Waals surface area contributed by atoms with E-state index >= 15 is 0 Å². The molecule has 0 radical (unpaired) electrons. The fourth-order valence-electron chi connectivity index (χ4n) is 7.27. The zero-order chi connectivity index (χ0) is 16.7. The first-order chi connectivity index (χ1) is 11.5. The van der Waals surface area contributed by atoms with Gasteiger partial charge in [0.05, 0.1) is 7.11 Å². The second-order valence-corrected chi connectivity index (χ2v) is 9.01. The third-order valence-electron chi connectivity index (χ3n) is 8.47. The highest BCUT2D eigenvalue weighted by molar-refractivity contribution is 5.90. The van der Waals surface area contributed by atoms with Gasteiger partial charge in [-0.25, -0.2) is 0 Å². The van der Waals surface area contributed by atoms with Gasteiger partial charge in [-0.2, -0.15) is 0 Å². The molecule has 3 saturated carbocycles. The molecule has 0 saturated heterocycles. The molecular weight excluding hydrogens is 296 g/mol. The van der Waals surface area contributed by atoms with E-state index in [-0.39, 0.29) is 5.41 Å². The van der Waals surface area contributed by atoms with E-state index in [1.54, 1.807) is 12.7 Å². The topological polar surface area (TPSA) is 26.3 Å². The highest BCUT2D eigenvalue weighted by Crippen LogP contribution is 2.81. The number of carbonyl (C=O) groups is 1. The summed E-state index contributed by atoms with van der Waals surface area (Å²) in [6.07, 6.45) is 6.88. The normalized spacial score (nSPS) is 45.0. The Morgan fingerprint density at radius 3 is 2.88 bits per heavy atom. The van der Waals surface area contributed by atoms with Gasteiger partial charge in [0.1, 0.15) is 11.5 Å². The summed E-state index contributed by atoms with van der Waals surface area (Å²) >= 11 is 0. The van der Waals surface area contributed by atoms with Crippen LogP contribution >= 0.6 is 0 Å². The minimum absolute atomic E-state index is 0.0176. The zero-order valence-corrected chi connectivity index (χ0v) is 15.1. The third-order valence-corrected chi connectivity index (χ3v) is 8.47. The van der Waals surface area contributed by atoms with Crippen LogP contribution in [-0.4, -0.2) is 12.9 Å². The Morgan fingerprint density at radius 2 is 2.12 bits per heavy atom. The van der Waals surface area contributed by atoms with Crippen LogP contribution in [-0.2, 0) is 11.2 Å². The van der Waals surface area contributed by atoms with Crippen molar-refractivity contribution in [3.8, 4) is 5.75 Å². The molecule has 0 N–H and O–H groups in total. The van der Waals surface area contributed by atoms with E-state index in [4.69, 9.17) is 4.74 Å². The van der Waals surface area contributed by atoms with Crippen molar-refractivity contribution >= 4 is 5.78 Å². The number of ether oxygens (including phenoxy) is 1. The van der Waals surface area contributed by atoms with E-state index in [2.05, 4.69) is 32.0 Å². The molecule has 24 heavy (non-hydrogen) atoms. The molecule has 5 rings (SSSR count). The summed E-state index contributed by atoms with van der Waals surface area (Å²) < 4.78 is 5.47. The SMILES string of the molecule is CC[C@@H]1Cc2cc(OC)ccc2[C@H]2CC[C@]3(C)C(=O)C[C@H]4C[C@]43[C@H]12. The highest BCUT2D eigenvalue weighted by Gasteiger charge is 2.77. The molecule has 4 aliphatic rings. The number of hydrogen-bond donors (Lipinski definition) is 0. The Balaban J connectivity index is 1.63. The fraction of sp³-hybridized carbons (Fsp3) is 0.682. The number of hydrogen-bond acceptors (Lipinski definition) is 2. The van der Waals surface area contributed by atoms with Gasteiger partial charge in [-0.1, -0.05) is 26.3 Å². The summed E-state index contributed by atoms with van der Waals surface area (Å²) in [5, 5.41) is 0. The van der Waals surface area contributed by atoms with E-state index < -0.39 is 0 Å².